The summed E-state index contributed by atoms with van der Waals surface area (Å²) in [4.78, 5) is 4.23. The predicted octanol–water partition coefficient (Wildman–Crippen LogP) is 2.76. The van der Waals surface area contributed by atoms with E-state index in [4.69, 9.17) is 16.7 Å². The van der Waals surface area contributed by atoms with Crippen molar-refractivity contribution in [3.63, 3.8) is 0 Å². The molecule has 3 N–H and O–H groups in total. The van der Waals surface area contributed by atoms with E-state index in [0.29, 0.717) is 17.4 Å². The van der Waals surface area contributed by atoms with Crippen molar-refractivity contribution in [3.8, 4) is 0 Å². The van der Waals surface area contributed by atoms with Crippen LogP contribution in [0.25, 0.3) is 0 Å². The topological polar surface area (TPSA) is 85.1 Å². The average Bonchev–Trinajstić information content (AvgIpc) is 2.37. The standard InChI is InChI=1S/C12H11BrClN3O2S/c13-9-5-11(14)12(17-7-9)16-6-8-1-3-10(4-2-8)20(15,18)19/h1-5,7H,6H2,(H,16,17)(H2,15,18,19). The van der Waals surface area contributed by atoms with Crippen LogP contribution >= 0.6 is 27.5 Å². The van der Waals surface area contributed by atoms with Crippen LogP contribution in [-0.2, 0) is 16.6 Å². The number of nitrogens with zero attached hydrogens (tertiary/aromatic N) is 1. The highest BCUT2D eigenvalue weighted by atomic mass is 79.9. The number of nitrogens with one attached hydrogen (secondary N) is 1. The number of primary sulfonamides is 1. The Morgan fingerprint density at radius 2 is 1.95 bits per heavy atom. The third-order valence-electron chi connectivity index (χ3n) is 2.52. The van der Waals surface area contributed by atoms with E-state index in [1.807, 2.05) is 0 Å². The number of sulfonamides is 1. The molecule has 0 saturated carbocycles. The number of halogens is 2. The maximum Gasteiger partial charge on any atom is 0.238 e. The van der Waals surface area contributed by atoms with E-state index in [1.165, 1.54) is 12.1 Å². The molecule has 20 heavy (non-hydrogen) atoms. The second-order valence-corrected chi connectivity index (χ2v) is 6.91. The zero-order chi connectivity index (χ0) is 14.8. The Hall–Kier alpha value is -1.15. The average molecular weight is 377 g/mol. The van der Waals surface area contributed by atoms with Crippen molar-refractivity contribution in [2.45, 2.75) is 11.4 Å². The first kappa shape index (κ1) is 15.2. The summed E-state index contributed by atoms with van der Waals surface area (Å²) in [7, 11) is -3.66. The van der Waals surface area contributed by atoms with Crippen LogP contribution in [0.4, 0.5) is 5.82 Å². The fourth-order valence-electron chi connectivity index (χ4n) is 1.53. The Bertz CT molecular complexity index is 720. The van der Waals surface area contributed by atoms with E-state index in [1.54, 1.807) is 24.4 Å². The lowest BCUT2D eigenvalue weighted by Gasteiger charge is -2.08. The van der Waals surface area contributed by atoms with E-state index in [9.17, 15) is 8.42 Å². The van der Waals surface area contributed by atoms with Crippen LogP contribution in [0.2, 0.25) is 5.02 Å². The van der Waals surface area contributed by atoms with Gasteiger partial charge in [-0.05, 0) is 39.7 Å². The van der Waals surface area contributed by atoms with Crippen LogP contribution in [0, 0.1) is 0 Å². The molecule has 8 heteroatoms. The molecular weight excluding hydrogens is 366 g/mol. The van der Waals surface area contributed by atoms with Gasteiger partial charge in [-0.1, -0.05) is 23.7 Å². The Kier molecular flexibility index (Phi) is 4.64. The normalized spacial score (nSPS) is 11.3. The Balaban J connectivity index is 2.08. The smallest absolute Gasteiger partial charge is 0.238 e. The number of nitrogens with two attached hydrogens (primary N) is 1. The summed E-state index contributed by atoms with van der Waals surface area (Å²) >= 11 is 9.31. The van der Waals surface area contributed by atoms with Gasteiger partial charge in [-0.15, -0.1) is 0 Å². The zero-order valence-electron chi connectivity index (χ0n) is 10.2. The highest BCUT2D eigenvalue weighted by Crippen LogP contribution is 2.23. The zero-order valence-corrected chi connectivity index (χ0v) is 13.3. The summed E-state index contributed by atoms with van der Waals surface area (Å²) in [6, 6.07) is 8.02. The highest BCUT2D eigenvalue weighted by molar-refractivity contribution is 9.10. The van der Waals surface area contributed by atoms with Gasteiger partial charge in [-0.3, -0.25) is 0 Å². The van der Waals surface area contributed by atoms with Gasteiger partial charge < -0.3 is 5.32 Å². The van der Waals surface area contributed by atoms with E-state index in [-0.39, 0.29) is 4.90 Å². The Morgan fingerprint density at radius 1 is 1.30 bits per heavy atom. The summed E-state index contributed by atoms with van der Waals surface area (Å²) < 4.78 is 23.1. The number of hydrogen-bond donors (Lipinski definition) is 2. The van der Waals surface area contributed by atoms with E-state index in [2.05, 4.69) is 26.2 Å². The van der Waals surface area contributed by atoms with Gasteiger partial charge in [0.05, 0.1) is 9.92 Å². The molecule has 106 valence electrons. The molecule has 0 unspecified atom stereocenters. The third-order valence-corrected chi connectivity index (χ3v) is 4.17. The van der Waals surface area contributed by atoms with Gasteiger partial charge in [-0.25, -0.2) is 18.5 Å². The maximum absolute atomic E-state index is 11.1. The molecule has 0 fully saturated rings. The van der Waals surface area contributed by atoms with Crippen molar-refractivity contribution in [1.29, 1.82) is 0 Å². The lowest BCUT2D eigenvalue weighted by Crippen LogP contribution is -2.12. The molecule has 0 spiro atoms. The fraction of sp³-hybridized carbons (Fsp3) is 0.0833. The largest absolute Gasteiger partial charge is 0.365 e. The van der Waals surface area contributed by atoms with Gasteiger partial charge >= 0.3 is 0 Å². The number of pyridine rings is 1. The summed E-state index contributed by atoms with van der Waals surface area (Å²) in [5.41, 5.74) is 0.887. The molecule has 0 bridgehead atoms. The van der Waals surface area contributed by atoms with E-state index < -0.39 is 10.0 Å². The Labute approximate surface area is 130 Å². The summed E-state index contributed by atoms with van der Waals surface area (Å²) in [6.07, 6.45) is 1.64. The van der Waals surface area contributed by atoms with Crippen LogP contribution in [0.15, 0.2) is 45.9 Å². The van der Waals surface area contributed by atoms with Gasteiger partial charge in [0.15, 0.2) is 0 Å². The molecule has 1 aromatic heterocycles. The molecule has 2 rings (SSSR count). The predicted molar refractivity (Wildman–Crippen MR) is 82.1 cm³/mol. The van der Waals surface area contributed by atoms with Crippen LogP contribution in [-0.4, -0.2) is 13.4 Å². The number of benzene rings is 1. The lowest BCUT2D eigenvalue weighted by atomic mass is 10.2. The molecule has 1 heterocycles. The van der Waals surface area contributed by atoms with Crippen molar-refractivity contribution in [2.75, 3.05) is 5.32 Å². The summed E-state index contributed by atoms with van der Waals surface area (Å²) in [5.74, 6) is 0.561. The molecule has 1 aromatic carbocycles. The minimum absolute atomic E-state index is 0.0843. The number of rotatable bonds is 4. The number of aromatic nitrogens is 1. The second-order valence-electron chi connectivity index (χ2n) is 4.03. The molecule has 0 saturated heterocycles. The molecule has 0 aliphatic rings. The molecule has 0 amide bonds. The van der Waals surface area contributed by atoms with Gasteiger partial charge in [-0.2, -0.15) is 0 Å². The van der Waals surface area contributed by atoms with Crippen LogP contribution in [0.3, 0.4) is 0 Å². The summed E-state index contributed by atoms with van der Waals surface area (Å²) in [6.45, 7) is 0.471. The molecule has 0 atom stereocenters. The molecular formula is C12H11BrClN3O2S. The molecule has 5 nitrogen and oxygen atoms in total. The molecule has 0 radical (unpaired) electrons. The van der Waals surface area contributed by atoms with E-state index in [0.717, 1.165) is 10.0 Å². The monoisotopic (exact) mass is 375 g/mol. The first-order valence-corrected chi connectivity index (χ1v) is 8.24. The number of hydrogen-bond acceptors (Lipinski definition) is 4. The van der Waals surface area contributed by atoms with Crippen molar-refractivity contribution in [1.82, 2.24) is 4.98 Å². The maximum atomic E-state index is 11.1. The molecule has 0 aliphatic heterocycles. The van der Waals surface area contributed by atoms with Crippen molar-refractivity contribution < 1.29 is 8.42 Å². The second kappa shape index (κ2) is 6.09. The lowest BCUT2D eigenvalue weighted by molar-refractivity contribution is 0.598. The summed E-state index contributed by atoms with van der Waals surface area (Å²) in [5, 5.41) is 8.60. The van der Waals surface area contributed by atoms with E-state index >= 15 is 0 Å². The highest BCUT2D eigenvalue weighted by Gasteiger charge is 2.07. The van der Waals surface area contributed by atoms with Crippen molar-refractivity contribution >= 4 is 43.4 Å². The minimum Gasteiger partial charge on any atom is -0.365 e. The van der Waals surface area contributed by atoms with Gasteiger partial charge in [0.1, 0.15) is 5.82 Å². The van der Waals surface area contributed by atoms with Gasteiger partial charge in [0, 0.05) is 17.2 Å². The Morgan fingerprint density at radius 3 is 2.50 bits per heavy atom. The van der Waals surface area contributed by atoms with Gasteiger partial charge in [0.2, 0.25) is 10.0 Å². The van der Waals surface area contributed by atoms with Crippen LogP contribution in [0.5, 0.6) is 0 Å². The fourth-order valence-corrected chi connectivity index (χ4v) is 2.74. The molecule has 0 aliphatic carbocycles. The quantitative estimate of drug-likeness (QED) is 0.859. The third kappa shape index (κ3) is 3.92. The van der Waals surface area contributed by atoms with Crippen molar-refractivity contribution in [2.24, 2.45) is 5.14 Å². The molecule has 2 aromatic rings. The minimum atomic E-state index is -3.66. The SMILES string of the molecule is NS(=O)(=O)c1ccc(CNc2ncc(Br)cc2Cl)cc1. The first-order chi connectivity index (χ1) is 9.36. The van der Waals surface area contributed by atoms with Crippen LogP contribution < -0.4 is 10.5 Å². The van der Waals surface area contributed by atoms with Gasteiger partial charge in [0.25, 0.3) is 0 Å². The van der Waals surface area contributed by atoms with Crippen molar-refractivity contribution in [3.05, 3.63) is 51.6 Å². The van der Waals surface area contributed by atoms with Crippen LogP contribution in [0.1, 0.15) is 5.56 Å². The first-order valence-electron chi connectivity index (χ1n) is 5.53. The number of anilines is 1.